The van der Waals surface area contributed by atoms with Gasteiger partial charge in [-0.25, -0.2) is 0 Å². The molecule has 1 aliphatic carbocycles. The summed E-state index contributed by atoms with van der Waals surface area (Å²) in [6, 6.07) is 6.12. The van der Waals surface area contributed by atoms with Crippen LogP contribution in [0, 0.1) is 5.92 Å². The second kappa shape index (κ2) is 7.96. The summed E-state index contributed by atoms with van der Waals surface area (Å²) >= 11 is 0. The number of rotatable bonds is 5. The third kappa shape index (κ3) is 3.93. The molecule has 0 saturated carbocycles. The monoisotopic (exact) mass is 353 g/mol. The molecule has 0 radical (unpaired) electrons. The van der Waals surface area contributed by atoms with E-state index in [2.05, 4.69) is 40.9 Å². The summed E-state index contributed by atoms with van der Waals surface area (Å²) in [6.45, 7) is 3.29. The van der Waals surface area contributed by atoms with Crippen LogP contribution in [0.3, 0.4) is 0 Å². The molecule has 26 heavy (non-hydrogen) atoms. The zero-order valence-corrected chi connectivity index (χ0v) is 15.4. The second-order valence-corrected chi connectivity index (χ2v) is 7.17. The lowest BCUT2D eigenvalue weighted by atomic mass is 9.94. The van der Waals surface area contributed by atoms with E-state index in [-0.39, 0.29) is 0 Å². The molecule has 4 rings (SSSR count). The van der Waals surface area contributed by atoms with Gasteiger partial charge in [0.25, 0.3) is 0 Å². The van der Waals surface area contributed by atoms with Gasteiger partial charge in [-0.1, -0.05) is 12.2 Å². The Kier molecular flexibility index (Phi) is 5.25. The molecule has 5 nitrogen and oxygen atoms in total. The Hall–Kier alpha value is -2.27. The van der Waals surface area contributed by atoms with E-state index in [1.54, 1.807) is 0 Å². The van der Waals surface area contributed by atoms with Crippen molar-refractivity contribution in [1.82, 2.24) is 15.1 Å². The van der Waals surface area contributed by atoms with Crippen LogP contribution >= 0.6 is 0 Å². The molecule has 1 aromatic carbocycles. The molecule has 0 spiro atoms. The molecular formula is C21H27N3O2. The molecule has 138 valence electrons. The van der Waals surface area contributed by atoms with Crippen molar-refractivity contribution < 1.29 is 9.47 Å². The quantitative estimate of drug-likeness (QED) is 0.833. The number of aromatic nitrogens is 2. The summed E-state index contributed by atoms with van der Waals surface area (Å²) in [4.78, 5) is 0. The molecule has 2 aliphatic rings. The highest BCUT2D eigenvalue weighted by atomic mass is 16.5. The van der Waals surface area contributed by atoms with Crippen LogP contribution in [0.25, 0.3) is 11.3 Å². The van der Waals surface area contributed by atoms with Gasteiger partial charge in [-0.3, -0.25) is 4.68 Å². The maximum absolute atomic E-state index is 5.84. The molecule has 0 amide bonds. The Morgan fingerprint density at radius 1 is 1.19 bits per heavy atom. The third-order valence-corrected chi connectivity index (χ3v) is 5.05. The van der Waals surface area contributed by atoms with Gasteiger partial charge in [0.05, 0.1) is 18.9 Å². The first-order chi connectivity index (χ1) is 12.8. The highest BCUT2D eigenvalue weighted by Crippen LogP contribution is 2.34. The first-order valence-electron chi connectivity index (χ1n) is 9.58. The van der Waals surface area contributed by atoms with Gasteiger partial charge in [0.2, 0.25) is 0 Å². The summed E-state index contributed by atoms with van der Waals surface area (Å²) in [6.07, 6.45) is 11.3. The fourth-order valence-corrected chi connectivity index (χ4v) is 3.67. The van der Waals surface area contributed by atoms with Gasteiger partial charge in [-0.2, -0.15) is 5.10 Å². The molecule has 2 aromatic rings. The number of fused-ring (bicyclic) bond motifs is 1. The Morgan fingerprint density at radius 2 is 2.08 bits per heavy atom. The SMILES string of the molecule is Cn1cc(CNCC2CC=CCC2)c(-c2ccc3c(c2)OCCCO3)n1. The molecule has 0 fully saturated rings. The van der Waals surface area contributed by atoms with Crippen molar-refractivity contribution in [3.63, 3.8) is 0 Å². The average molecular weight is 353 g/mol. The zero-order valence-electron chi connectivity index (χ0n) is 15.4. The van der Waals surface area contributed by atoms with E-state index >= 15 is 0 Å². The maximum atomic E-state index is 5.84. The third-order valence-electron chi connectivity index (χ3n) is 5.05. The van der Waals surface area contributed by atoms with E-state index in [0.717, 1.165) is 48.2 Å². The Bertz CT molecular complexity index is 782. The van der Waals surface area contributed by atoms with Crippen LogP contribution in [-0.4, -0.2) is 29.5 Å². The Balaban J connectivity index is 1.48. The van der Waals surface area contributed by atoms with Crippen molar-refractivity contribution >= 4 is 0 Å². The van der Waals surface area contributed by atoms with Crippen LogP contribution < -0.4 is 14.8 Å². The molecule has 1 aromatic heterocycles. The van der Waals surface area contributed by atoms with Gasteiger partial charge in [-0.05, 0) is 49.9 Å². The predicted molar refractivity (Wildman–Crippen MR) is 102 cm³/mol. The van der Waals surface area contributed by atoms with Crippen LogP contribution in [0.5, 0.6) is 11.5 Å². The lowest BCUT2D eigenvalue weighted by molar-refractivity contribution is 0.297. The van der Waals surface area contributed by atoms with E-state index in [4.69, 9.17) is 9.47 Å². The summed E-state index contributed by atoms with van der Waals surface area (Å²) in [5.41, 5.74) is 3.31. The molecular weight excluding hydrogens is 326 g/mol. The fourth-order valence-electron chi connectivity index (χ4n) is 3.67. The van der Waals surface area contributed by atoms with Crippen molar-refractivity contribution in [2.45, 2.75) is 32.2 Å². The van der Waals surface area contributed by atoms with Gasteiger partial charge in [0, 0.05) is 37.3 Å². The van der Waals surface area contributed by atoms with Crippen molar-refractivity contribution in [3.05, 3.63) is 42.1 Å². The van der Waals surface area contributed by atoms with Crippen LogP contribution in [0.4, 0.5) is 0 Å². The van der Waals surface area contributed by atoms with E-state index < -0.39 is 0 Å². The minimum Gasteiger partial charge on any atom is -0.490 e. The number of aryl methyl sites for hydroxylation is 1. The standard InChI is InChI=1S/C21H27N3O2/c1-24-15-18(14-22-13-16-6-3-2-4-7-16)21(23-24)17-8-9-19-20(12-17)26-11-5-10-25-19/h2-3,8-9,12,15-16,22H,4-7,10-11,13-14H2,1H3. The van der Waals surface area contributed by atoms with Crippen LogP contribution in [0.2, 0.25) is 0 Å². The predicted octanol–water partition coefficient (Wildman–Crippen LogP) is 3.69. The average Bonchev–Trinajstić information content (AvgIpc) is 2.88. The van der Waals surface area contributed by atoms with Crippen LogP contribution in [-0.2, 0) is 13.6 Å². The van der Waals surface area contributed by atoms with E-state index in [1.807, 2.05) is 17.8 Å². The van der Waals surface area contributed by atoms with Crippen molar-refractivity contribution in [3.8, 4) is 22.8 Å². The first kappa shape index (κ1) is 17.2. The minimum absolute atomic E-state index is 0.697. The van der Waals surface area contributed by atoms with Gasteiger partial charge in [0.15, 0.2) is 11.5 Å². The van der Waals surface area contributed by atoms with Crippen molar-refractivity contribution in [1.29, 1.82) is 0 Å². The highest BCUT2D eigenvalue weighted by molar-refractivity contribution is 5.66. The van der Waals surface area contributed by atoms with Crippen molar-refractivity contribution in [2.75, 3.05) is 19.8 Å². The first-order valence-corrected chi connectivity index (χ1v) is 9.58. The largest absolute Gasteiger partial charge is 0.490 e. The zero-order chi connectivity index (χ0) is 17.8. The number of ether oxygens (including phenoxy) is 2. The normalized spacial score (nSPS) is 19.3. The Morgan fingerprint density at radius 3 is 2.92 bits per heavy atom. The van der Waals surface area contributed by atoms with Gasteiger partial charge in [-0.15, -0.1) is 0 Å². The molecule has 1 N–H and O–H groups in total. The van der Waals surface area contributed by atoms with Crippen LogP contribution in [0.15, 0.2) is 36.5 Å². The number of nitrogens with zero attached hydrogens (tertiary/aromatic N) is 2. The molecule has 1 aliphatic heterocycles. The molecule has 0 bridgehead atoms. The summed E-state index contributed by atoms with van der Waals surface area (Å²) in [5.74, 6) is 2.39. The summed E-state index contributed by atoms with van der Waals surface area (Å²) < 4.78 is 13.5. The number of hydrogen-bond acceptors (Lipinski definition) is 4. The molecule has 0 saturated heterocycles. The number of nitrogens with one attached hydrogen (secondary N) is 1. The fraction of sp³-hybridized carbons (Fsp3) is 0.476. The second-order valence-electron chi connectivity index (χ2n) is 7.17. The summed E-state index contributed by atoms with van der Waals surface area (Å²) in [7, 11) is 1.97. The van der Waals surface area contributed by atoms with E-state index in [1.165, 1.54) is 24.8 Å². The van der Waals surface area contributed by atoms with Gasteiger partial charge in [0.1, 0.15) is 0 Å². The number of allylic oxidation sites excluding steroid dienone is 2. The van der Waals surface area contributed by atoms with E-state index in [9.17, 15) is 0 Å². The summed E-state index contributed by atoms with van der Waals surface area (Å²) in [5, 5.41) is 8.31. The maximum Gasteiger partial charge on any atom is 0.161 e. The molecule has 2 heterocycles. The minimum atomic E-state index is 0.697. The molecule has 1 unspecified atom stereocenters. The van der Waals surface area contributed by atoms with E-state index in [0.29, 0.717) is 13.2 Å². The molecule has 5 heteroatoms. The number of benzene rings is 1. The lowest BCUT2D eigenvalue weighted by Crippen LogP contribution is -2.23. The van der Waals surface area contributed by atoms with Gasteiger partial charge < -0.3 is 14.8 Å². The number of hydrogen-bond donors (Lipinski definition) is 1. The Labute approximate surface area is 155 Å². The van der Waals surface area contributed by atoms with Crippen LogP contribution in [0.1, 0.15) is 31.2 Å². The van der Waals surface area contributed by atoms with Gasteiger partial charge >= 0.3 is 0 Å². The highest BCUT2D eigenvalue weighted by Gasteiger charge is 2.16. The smallest absolute Gasteiger partial charge is 0.161 e. The topological polar surface area (TPSA) is 48.3 Å². The molecule has 1 atom stereocenters. The van der Waals surface area contributed by atoms with Crippen molar-refractivity contribution in [2.24, 2.45) is 13.0 Å². The lowest BCUT2D eigenvalue weighted by Gasteiger charge is -2.18.